The Morgan fingerprint density at radius 2 is 2.15 bits per heavy atom. The van der Waals surface area contributed by atoms with E-state index in [1.807, 2.05) is 6.07 Å². The van der Waals surface area contributed by atoms with Gasteiger partial charge in [0, 0.05) is 18.7 Å². The van der Waals surface area contributed by atoms with Crippen LogP contribution in [0.3, 0.4) is 0 Å². The first-order valence-corrected chi connectivity index (χ1v) is 7.85. The van der Waals surface area contributed by atoms with Crippen molar-refractivity contribution in [2.24, 2.45) is 11.7 Å². The molecule has 0 amide bonds. The van der Waals surface area contributed by atoms with Gasteiger partial charge in [0.05, 0.1) is 7.11 Å². The standard InChI is InChI=1S/C17H28N2O/c1-3-14-5-4-9-19(10-8-14)13-15-6-7-17(20-2)16(11-15)12-18/h6-7,11,14H,3-5,8-10,12-13,18H2,1-2H3. The Balaban J connectivity index is 1.99. The summed E-state index contributed by atoms with van der Waals surface area (Å²) in [4.78, 5) is 2.58. The van der Waals surface area contributed by atoms with Crippen LogP contribution < -0.4 is 10.5 Å². The zero-order chi connectivity index (χ0) is 14.4. The summed E-state index contributed by atoms with van der Waals surface area (Å²) in [6, 6.07) is 6.41. The zero-order valence-electron chi connectivity index (χ0n) is 12.9. The molecule has 2 rings (SSSR count). The number of nitrogens with zero attached hydrogens (tertiary/aromatic N) is 1. The van der Waals surface area contributed by atoms with Crippen molar-refractivity contribution in [1.29, 1.82) is 0 Å². The van der Waals surface area contributed by atoms with Crippen molar-refractivity contribution in [3.8, 4) is 5.75 Å². The Morgan fingerprint density at radius 1 is 1.30 bits per heavy atom. The molecule has 1 unspecified atom stereocenters. The van der Waals surface area contributed by atoms with Gasteiger partial charge >= 0.3 is 0 Å². The average Bonchev–Trinajstić information content (AvgIpc) is 2.72. The summed E-state index contributed by atoms with van der Waals surface area (Å²) >= 11 is 0. The maximum Gasteiger partial charge on any atom is 0.123 e. The van der Waals surface area contributed by atoms with Gasteiger partial charge in [-0.2, -0.15) is 0 Å². The van der Waals surface area contributed by atoms with Gasteiger partial charge in [-0.05, 0) is 56.0 Å². The van der Waals surface area contributed by atoms with Crippen LogP contribution in [0.15, 0.2) is 18.2 Å². The van der Waals surface area contributed by atoms with E-state index in [0.29, 0.717) is 6.54 Å². The van der Waals surface area contributed by atoms with Crippen molar-refractivity contribution in [3.05, 3.63) is 29.3 Å². The number of benzene rings is 1. The number of hydrogen-bond acceptors (Lipinski definition) is 3. The number of methoxy groups -OCH3 is 1. The SMILES string of the molecule is CCC1CCCN(Cc2ccc(OC)c(CN)c2)CC1. The molecule has 112 valence electrons. The minimum absolute atomic E-state index is 0.537. The predicted molar refractivity (Wildman–Crippen MR) is 83.8 cm³/mol. The van der Waals surface area contributed by atoms with Crippen molar-refractivity contribution < 1.29 is 4.74 Å². The molecule has 0 aliphatic carbocycles. The maximum absolute atomic E-state index is 5.80. The smallest absolute Gasteiger partial charge is 0.123 e. The minimum atomic E-state index is 0.537. The van der Waals surface area contributed by atoms with E-state index in [-0.39, 0.29) is 0 Å². The van der Waals surface area contributed by atoms with Crippen LogP contribution >= 0.6 is 0 Å². The Morgan fingerprint density at radius 3 is 2.85 bits per heavy atom. The Kier molecular flexibility index (Phi) is 5.86. The second-order valence-electron chi connectivity index (χ2n) is 5.83. The molecule has 0 bridgehead atoms. The molecular weight excluding hydrogens is 248 g/mol. The van der Waals surface area contributed by atoms with E-state index in [4.69, 9.17) is 10.5 Å². The van der Waals surface area contributed by atoms with Gasteiger partial charge in [-0.15, -0.1) is 0 Å². The molecule has 3 heteroatoms. The third-order valence-corrected chi connectivity index (χ3v) is 4.49. The van der Waals surface area contributed by atoms with Gasteiger partial charge < -0.3 is 10.5 Å². The first-order valence-electron chi connectivity index (χ1n) is 7.85. The predicted octanol–water partition coefficient (Wildman–Crippen LogP) is 3.17. The van der Waals surface area contributed by atoms with E-state index in [2.05, 4.69) is 24.0 Å². The first-order chi connectivity index (χ1) is 9.76. The Labute approximate surface area is 123 Å². The number of hydrogen-bond donors (Lipinski definition) is 1. The maximum atomic E-state index is 5.80. The van der Waals surface area contributed by atoms with Crippen molar-refractivity contribution in [2.45, 2.75) is 45.7 Å². The first kappa shape index (κ1) is 15.3. The summed E-state index contributed by atoms with van der Waals surface area (Å²) in [5, 5.41) is 0. The summed E-state index contributed by atoms with van der Waals surface area (Å²) < 4.78 is 5.34. The lowest BCUT2D eigenvalue weighted by molar-refractivity contribution is 0.272. The molecule has 1 aliphatic rings. The summed E-state index contributed by atoms with van der Waals surface area (Å²) in [5.41, 5.74) is 8.25. The molecule has 1 saturated heterocycles. The highest BCUT2D eigenvalue weighted by Gasteiger charge is 2.16. The van der Waals surface area contributed by atoms with Gasteiger partial charge in [-0.1, -0.05) is 19.4 Å². The lowest BCUT2D eigenvalue weighted by Gasteiger charge is -2.21. The fraction of sp³-hybridized carbons (Fsp3) is 0.647. The number of rotatable bonds is 5. The largest absolute Gasteiger partial charge is 0.496 e. The molecule has 1 aromatic rings. The van der Waals surface area contributed by atoms with Gasteiger partial charge in [0.25, 0.3) is 0 Å². The molecule has 0 radical (unpaired) electrons. The molecule has 20 heavy (non-hydrogen) atoms. The molecule has 0 aromatic heterocycles. The van der Waals surface area contributed by atoms with Crippen molar-refractivity contribution in [1.82, 2.24) is 4.90 Å². The van der Waals surface area contributed by atoms with Crippen LogP contribution in [0, 0.1) is 5.92 Å². The molecule has 1 aliphatic heterocycles. The minimum Gasteiger partial charge on any atom is -0.496 e. The van der Waals surface area contributed by atoms with E-state index in [9.17, 15) is 0 Å². The van der Waals surface area contributed by atoms with Crippen LogP contribution in [0.25, 0.3) is 0 Å². The summed E-state index contributed by atoms with van der Waals surface area (Å²) in [6.07, 6.45) is 5.40. The summed E-state index contributed by atoms with van der Waals surface area (Å²) in [5.74, 6) is 1.83. The van der Waals surface area contributed by atoms with Crippen LogP contribution in [0.5, 0.6) is 5.75 Å². The van der Waals surface area contributed by atoms with Crippen molar-refractivity contribution in [3.63, 3.8) is 0 Å². The zero-order valence-corrected chi connectivity index (χ0v) is 12.9. The number of likely N-dealkylation sites (tertiary alicyclic amines) is 1. The molecular formula is C17H28N2O. The van der Waals surface area contributed by atoms with E-state index in [1.165, 1.54) is 44.3 Å². The fourth-order valence-corrected chi connectivity index (χ4v) is 3.14. The molecule has 0 spiro atoms. The van der Waals surface area contributed by atoms with E-state index >= 15 is 0 Å². The van der Waals surface area contributed by atoms with Crippen LogP contribution in [0.4, 0.5) is 0 Å². The molecule has 1 heterocycles. The molecule has 1 atom stereocenters. The molecule has 2 N–H and O–H groups in total. The van der Waals surface area contributed by atoms with Crippen molar-refractivity contribution >= 4 is 0 Å². The highest BCUT2D eigenvalue weighted by Crippen LogP contribution is 2.23. The molecule has 1 aromatic carbocycles. The topological polar surface area (TPSA) is 38.5 Å². The number of ether oxygens (including phenoxy) is 1. The third kappa shape index (κ3) is 3.97. The lowest BCUT2D eigenvalue weighted by atomic mass is 9.98. The van der Waals surface area contributed by atoms with Crippen LogP contribution in [0.2, 0.25) is 0 Å². The summed E-state index contributed by atoms with van der Waals surface area (Å²) in [6.45, 7) is 6.34. The second-order valence-corrected chi connectivity index (χ2v) is 5.83. The van der Waals surface area contributed by atoms with Crippen LogP contribution in [-0.4, -0.2) is 25.1 Å². The highest BCUT2D eigenvalue weighted by atomic mass is 16.5. The van der Waals surface area contributed by atoms with E-state index < -0.39 is 0 Å². The normalized spacial score (nSPS) is 20.6. The van der Waals surface area contributed by atoms with Crippen LogP contribution in [0.1, 0.15) is 43.7 Å². The fourth-order valence-electron chi connectivity index (χ4n) is 3.14. The Hall–Kier alpha value is -1.06. The lowest BCUT2D eigenvalue weighted by Crippen LogP contribution is -2.24. The van der Waals surface area contributed by atoms with E-state index in [1.54, 1.807) is 7.11 Å². The molecule has 0 saturated carbocycles. The quantitative estimate of drug-likeness (QED) is 0.897. The third-order valence-electron chi connectivity index (χ3n) is 4.49. The van der Waals surface area contributed by atoms with Gasteiger partial charge in [0.15, 0.2) is 0 Å². The van der Waals surface area contributed by atoms with Gasteiger partial charge in [0.2, 0.25) is 0 Å². The number of nitrogens with two attached hydrogens (primary N) is 1. The highest BCUT2D eigenvalue weighted by molar-refractivity contribution is 5.37. The monoisotopic (exact) mass is 276 g/mol. The summed E-state index contributed by atoms with van der Waals surface area (Å²) in [7, 11) is 1.70. The van der Waals surface area contributed by atoms with E-state index in [0.717, 1.165) is 23.8 Å². The molecule has 1 fully saturated rings. The van der Waals surface area contributed by atoms with Gasteiger partial charge in [-0.3, -0.25) is 4.90 Å². The van der Waals surface area contributed by atoms with Crippen LogP contribution in [-0.2, 0) is 13.1 Å². The Bertz CT molecular complexity index is 419. The van der Waals surface area contributed by atoms with Crippen molar-refractivity contribution in [2.75, 3.05) is 20.2 Å². The average molecular weight is 276 g/mol. The molecule has 3 nitrogen and oxygen atoms in total. The van der Waals surface area contributed by atoms with Gasteiger partial charge in [0.1, 0.15) is 5.75 Å². The second kappa shape index (κ2) is 7.65. The van der Waals surface area contributed by atoms with Gasteiger partial charge in [-0.25, -0.2) is 0 Å².